The first-order valence-corrected chi connectivity index (χ1v) is 6.05. The van der Waals surface area contributed by atoms with Crippen LogP contribution in [0.25, 0.3) is 0 Å². The predicted octanol–water partition coefficient (Wildman–Crippen LogP) is 1.59. The Hall–Kier alpha value is -1.06. The van der Waals surface area contributed by atoms with E-state index in [-0.39, 0.29) is 23.8 Å². The van der Waals surface area contributed by atoms with Gasteiger partial charge in [0.1, 0.15) is 6.04 Å². The Morgan fingerprint density at radius 3 is 2.62 bits per heavy atom. The van der Waals surface area contributed by atoms with Crippen LogP contribution in [0.3, 0.4) is 0 Å². The molecule has 1 fully saturated rings. The zero-order valence-electron chi connectivity index (χ0n) is 10.4. The van der Waals surface area contributed by atoms with Gasteiger partial charge in [-0.05, 0) is 26.2 Å². The molecular formula is C12H21NO3. The van der Waals surface area contributed by atoms with E-state index in [1.807, 2.05) is 13.8 Å². The van der Waals surface area contributed by atoms with Gasteiger partial charge < -0.3 is 9.64 Å². The van der Waals surface area contributed by atoms with Crippen molar-refractivity contribution in [1.29, 1.82) is 0 Å². The Kier molecular flexibility index (Phi) is 4.77. The molecule has 1 rings (SSSR count). The number of ether oxygens (including phenoxy) is 1. The van der Waals surface area contributed by atoms with E-state index in [0.29, 0.717) is 13.2 Å². The summed E-state index contributed by atoms with van der Waals surface area (Å²) < 4.78 is 5.01. The summed E-state index contributed by atoms with van der Waals surface area (Å²) in [5, 5.41) is 0. The van der Waals surface area contributed by atoms with Crippen LogP contribution in [0.4, 0.5) is 0 Å². The Labute approximate surface area is 96.9 Å². The molecule has 0 aliphatic carbocycles. The largest absolute Gasteiger partial charge is 0.464 e. The zero-order valence-corrected chi connectivity index (χ0v) is 10.4. The second-order valence-corrected chi connectivity index (χ2v) is 4.45. The molecule has 0 spiro atoms. The van der Waals surface area contributed by atoms with Crippen molar-refractivity contribution in [3.8, 4) is 0 Å². The first-order valence-electron chi connectivity index (χ1n) is 6.05. The third-order valence-corrected chi connectivity index (χ3v) is 2.84. The smallest absolute Gasteiger partial charge is 0.328 e. The minimum Gasteiger partial charge on any atom is -0.464 e. The fraction of sp³-hybridized carbons (Fsp3) is 0.833. The summed E-state index contributed by atoms with van der Waals surface area (Å²) in [6, 6.07) is -0.358. The van der Waals surface area contributed by atoms with E-state index < -0.39 is 0 Å². The first kappa shape index (κ1) is 13.0. The number of carbonyl (C=O) groups is 2. The van der Waals surface area contributed by atoms with Crippen molar-refractivity contribution >= 4 is 11.9 Å². The van der Waals surface area contributed by atoms with Crippen molar-refractivity contribution in [1.82, 2.24) is 4.90 Å². The highest BCUT2D eigenvalue weighted by Crippen LogP contribution is 2.20. The molecule has 4 heteroatoms. The van der Waals surface area contributed by atoms with Gasteiger partial charge in [-0.1, -0.05) is 13.8 Å². The van der Waals surface area contributed by atoms with E-state index in [1.165, 1.54) is 0 Å². The maximum absolute atomic E-state index is 11.9. The van der Waals surface area contributed by atoms with Gasteiger partial charge in [-0.15, -0.1) is 0 Å². The van der Waals surface area contributed by atoms with Crippen molar-refractivity contribution in [3.63, 3.8) is 0 Å². The first-order chi connectivity index (χ1) is 7.57. The van der Waals surface area contributed by atoms with Crippen LogP contribution in [-0.4, -0.2) is 36.0 Å². The van der Waals surface area contributed by atoms with Gasteiger partial charge in [-0.2, -0.15) is 0 Å². The maximum Gasteiger partial charge on any atom is 0.328 e. The number of esters is 1. The number of rotatable bonds is 3. The molecule has 92 valence electrons. The fourth-order valence-corrected chi connectivity index (χ4v) is 2.01. The number of carbonyl (C=O) groups excluding carboxylic acids is 2. The van der Waals surface area contributed by atoms with E-state index in [1.54, 1.807) is 11.8 Å². The predicted molar refractivity (Wildman–Crippen MR) is 60.8 cm³/mol. The molecule has 1 atom stereocenters. The topological polar surface area (TPSA) is 46.6 Å². The van der Waals surface area contributed by atoms with E-state index in [0.717, 1.165) is 19.3 Å². The van der Waals surface area contributed by atoms with Crippen molar-refractivity contribution < 1.29 is 14.3 Å². The minimum atomic E-state index is -0.358. The Morgan fingerprint density at radius 2 is 2.06 bits per heavy atom. The van der Waals surface area contributed by atoms with Gasteiger partial charge in [-0.25, -0.2) is 4.79 Å². The second kappa shape index (κ2) is 5.87. The lowest BCUT2D eigenvalue weighted by Crippen LogP contribution is -2.50. The summed E-state index contributed by atoms with van der Waals surface area (Å²) in [5.41, 5.74) is 0. The molecule has 0 saturated carbocycles. The summed E-state index contributed by atoms with van der Waals surface area (Å²) in [6.07, 6.45) is 2.71. The fourth-order valence-electron chi connectivity index (χ4n) is 2.01. The molecule has 0 aromatic heterocycles. The van der Waals surface area contributed by atoms with E-state index >= 15 is 0 Å². The number of amides is 1. The van der Waals surface area contributed by atoms with Crippen molar-refractivity contribution in [2.45, 2.75) is 46.1 Å². The lowest BCUT2D eigenvalue weighted by atomic mass is 10.00. The zero-order chi connectivity index (χ0) is 12.1. The highest BCUT2D eigenvalue weighted by molar-refractivity contribution is 5.85. The number of hydrogen-bond acceptors (Lipinski definition) is 3. The molecular weight excluding hydrogens is 206 g/mol. The van der Waals surface area contributed by atoms with Crippen molar-refractivity contribution in [2.24, 2.45) is 5.92 Å². The van der Waals surface area contributed by atoms with Crippen LogP contribution in [0.1, 0.15) is 40.0 Å². The van der Waals surface area contributed by atoms with Gasteiger partial charge in [-0.3, -0.25) is 4.79 Å². The summed E-state index contributed by atoms with van der Waals surface area (Å²) in [4.78, 5) is 25.3. The van der Waals surface area contributed by atoms with Gasteiger partial charge >= 0.3 is 5.97 Å². The Morgan fingerprint density at radius 1 is 1.38 bits per heavy atom. The molecule has 1 saturated heterocycles. The SMILES string of the molecule is CCOC(=O)C1CCCCN1C(=O)C(C)C. The number of likely N-dealkylation sites (tertiary alicyclic amines) is 1. The highest BCUT2D eigenvalue weighted by atomic mass is 16.5. The second-order valence-electron chi connectivity index (χ2n) is 4.45. The van der Waals surface area contributed by atoms with Crippen LogP contribution in [0, 0.1) is 5.92 Å². The van der Waals surface area contributed by atoms with Gasteiger partial charge in [0, 0.05) is 12.5 Å². The molecule has 0 aromatic carbocycles. The minimum absolute atomic E-state index is 0.0535. The lowest BCUT2D eigenvalue weighted by molar-refractivity contribution is -0.157. The summed E-state index contributed by atoms with van der Waals surface area (Å²) in [7, 11) is 0. The monoisotopic (exact) mass is 227 g/mol. The van der Waals surface area contributed by atoms with Gasteiger partial charge in [0.15, 0.2) is 0 Å². The van der Waals surface area contributed by atoms with Gasteiger partial charge in [0.05, 0.1) is 6.61 Å². The highest BCUT2D eigenvalue weighted by Gasteiger charge is 2.33. The molecule has 4 nitrogen and oxygen atoms in total. The normalized spacial score (nSPS) is 21.0. The average molecular weight is 227 g/mol. The third-order valence-electron chi connectivity index (χ3n) is 2.84. The Bertz CT molecular complexity index is 263. The van der Waals surface area contributed by atoms with Crippen LogP contribution in [-0.2, 0) is 14.3 Å². The molecule has 0 radical (unpaired) electrons. The maximum atomic E-state index is 11.9. The van der Waals surface area contributed by atoms with E-state index in [9.17, 15) is 9.59 Å². The van der Waals surface area contributed by atoms with Crippen LogP contribution in [0.5, 0.6) is 0 Å². The summed E-state index contributed by atoms with van der Waals surface area (Å²) in [6.45, 7) is 6.56. The number of piperidine rings is 1. The van der Waals surface area contributed by atoms with Gasteiger partial charge in [0.2, 0.25) is 5.91 Å². The van der Waals surface area contributed by atoms with Gasteiger partial charge in [0.25, 0.3) is 0 Å². The molecule has 0 N–H and O–H groups in total. The van der Waals surface area contributed by atoms with E-state index in [4.69, 9.17) is 4.74 Å². The third kappa shape index (κ3) is 2.97. The van der Waals surface area contributed by atoms with Crippen LogP contribution >= 0.6 is 0 Å². The molecule has 1 amide bonds. The molecule has 0 aromatic rings. The van der Waals surface area contributed by atoms with E-state index in [2.05, 4.69) is 0 Å². The number of nitrogens with zero attached hydrogens (tertiary/aromatic N) is 1. The van der Waals surface area contributed by atoms with Crippen LogP contribution < -0.4 is 0 Å². The Balaban J connectivity index is 2.71. The summed E-state index contributed by atoms with van der Waals surface area (Å²) >= 11 is 0. The van der Waals surface area contributed by atoms with Crippen LogP contribution in [0.2, 0.25) is 0 Å². The van der Waals surface area contributed by atoms with Crippen molar-refractivity contribution in [2.75, 3.05) is 13.2 Å². The molecule has 1 heterocycles. The number of hydrogen-bond donors (Lipinski definition) is 0. The molecule has 1 aliphatic heterocycles. The molecule has 0 bridgehead atoms. The molecule has 1 unspecified atom stereocenters. The lowest BCUT2D eigenvalue weighted by Gasteiger charge is -2.35. The summed E-state index contributed by atoms with van der Waals surface area (Å²) in [5.74, 6) is -0.260. The standard InChI is InChI=1S/C12H21NO3/c1-4-16-12(15)10-7-5-6-8-13(10)11(14)9(2)3/h9-10H,4-8H2,1-3H3. The van der Waals surface area contributed by atoms with Crippen molar-refractivity contribution in [3.05, 3.63) is 0 Å². The average Bonchev–Trinajstić information content (AvgIpc) is 2.28. The molecule has 16 heavy (non-hydrogen) atoms. The molecule has 1 aliphatic rings. The van der Waals surface area contributed by atoms with Crippen LogP contribution in [0.15, 0.2) is 0 Å². The quantitative estimate of drug-likeness (QED) is 0.688.